The normalized spacial score (nSPS) is 10.4. The zero-order valence-electron chi connectivity index (χ0n) is 14.8. The van der Waals surface area contributed by atoms with Gasteiger partial charge in [0.05, 0.1) is 0 Å². The molecular formula is C22H21NO4. The molecular weight excluding hydrogens is 342 g/mol. The summed E-state index contributed by atoms with van der Waals surface area (Å²) in [5.74, 6) is -0.351. The van der Waals surface area contributed by atoms with Crippen molar-refractivity contribution in [3.05, 3.63) is 95.1 Å². The molecule has 3 aromatic carbocycles. The van der Waals surface area contributed by atoms with E-state index in [4.69, 9.17) is 15.2 Å². The highest BCUT2D eigenvalue weighted by Crippen LogP contribution is 2.30. The van der Waals surface area contributed by atoms with Crippen molar-refractivity contribution in [2.45, 2.75) is 19.8 Å². The van der Waals surface area contributed by atoms with Crippen LogP contribution in [0.4, 0.5) is 0 Å². The molecule has 138 valence electrons. The van der Waals surface area contributed by atoms with E-state index in [1.165, 1.54) is 6.07 Å². The smallest absolute Gasteiger partial charge is 0.339 e. The zero-order chi connectivity index (χ0) is 19.1. The molecule has 5 heteroatoms. The van der Waals surface area contributed by atoms with Crippen LogP contribution in [0.2, 0.25) is 0 Å². The summed E-state index contributed by atoms with van der Waals surface area (Å²) in [6, 6.07) is 22.3. The lowest BCUT2D eigenvalue weighted by atomic mass is 10.1. The van der Waals surface area contributed by atoms with Gasteiger partial charge in [0.2, 0.25) is 0 Å². The van der Waals surface area contributed by atoms with E-state index < -0.39 is 5.97 Å². The maximum Gasteiger partial charge on any atom is 0.339 e. The summed E-state index contributed by atoms with van der Waals surface area (Å²) in [4.78, 5) is 11.7. The lowest BCUT2D eigenvalue weighted by Crippen LogP contribution is -2.09. The van der Waals surface area contributed by atoms with Crippen LogP contribution in [-0.4, -0.2) is 11.1 Å². The number of benzene rings is 3. The fraction of sp³-hybridized carbons (Fsp3) is 0.136. The molecule has 0 spiro atoms. The molecule has 0 amide bonds. The minimum atomic E-state index is -1.08. The molecule has 3 N–H and O–H groups in total. The second-order valence-corrected chi connectivity index (χ2v) is 6.01. The quantitative estimate of drug-likeness (QED) is 0.632. The van der Waals surface area contributed by atoms with Crippen LogP contribution in [0.25, 0.3) is 0 Å². The van der Waals surface area contributed by atoms with Crippen molar-refractivity contribution in [1.82, 2.24) is 0 Å². The second-order valence-electron chi connectivity index (χ2n) is 6.01. The number of carboxylic acid groups (broad SMARTS) is 1. The molecule has 0 aliphatic carbocycles. The van der Waals surface area contributed by atoms with Gasteiger partial charge in [0.15, 0.2) is 0 Å². The Morgan fingerprint density at radius 2 is 1.33 bits per heavy atom. The maximum absolute atomic E-state index is 11.7. The van der Waals surface area contributed by atoms with E-state index in [-0.39, 0.29) is 24.5 Å². The molecule has 0 aliphatic heterocycles. The molecule has 3 rings (SSSR count). The standard InChI is InChI=1S/C22H21NO4/c23-13-18-11-21(27-15-17-9-5-2-6-10-17)19(22(24)25)12-20(18)26-14-16-7-3-1-4-8-16/h1-12H,13-15,23H2,(H,24,25). The number of nitrogens with two attached hydrogens (primary N) is 1. The van der Waals surface area contributed by atoms with Crippen LogP contribution in [0, 0.1) is 0 Å². The van der Waals surface area contributed by atoms with Crippen LogP contribution in [-0.2, 0) is 19.8 Å². The molecule has 0 fully saturated rings. The molecule has 0 saturated carbocycles. The molecule has 0 aliphatic rings. The Bertz CT molecular complexity index is 895. The first-order valence-electron chi connectivity index (χ1n) is 8.61. The molecule has 0 unspecified atom stereocenters. The van der Waals surface area contributed by atoms with Crippen LogP contribution in [0.3, 0.4) is 0 Å². The average molecular weight is 363 g/mol. The molecule has 0 atom stereocenters. The van der Waals surface area contributed by atoms with E-state index >= 15 is 0 Å². The van der Waals surface area contributed by atoms with Gasteiger partial charge in [-0.1, -0.05) is 60.7 Å². The Balaban J connectivity index is 1.82. The van der Waals surface area contributed by atoms with Crippen molar-refractivity contribution >= 4 is 5.97 Å². The number of carbonyl (C=O) groups is 1. The van der Waals surface area contributed by atoms with Gasteiger partial charge in [-0.3, -0.25) is 0 Å². The van der Waals surface area contributed by atoms with E-state index in [2.05, 4.69) is 0 Å². The SMILES string of the molecule is NCc1cc(OCc2ccccc2)c(C(=O)O)cc1OCc1ccccc1. The summed E-state index contributed by atoms with van der Waals surface area (Å²) in [5, 5.41) is 9.57. The van der Waals surface area contributed by atoms with E-state index in [0.717, 1.165) is 11.1 Å². The van der Waals surface area contributed by atoms with Gasteiger partial charge < -0.3 is 20.3 Å². The van der Waals surface area contributed by atoms with Crippen molar-refractivity contribution < 1.29 is 19.4 Å². The lowest BCUT2D eigenvalue weighted by Gasteiger charge is -2.15. The first kappa shape index (κ1) is 18.5. The minimum absolute atomic E-state index is 0.0474. The van der Waals surface area contributed by atoms with Crippen molar-refractivity contribution in [3.63, 3.8) is 0 Å². The van der Waals surface area contributed by atoms with Gasteiger partial charge in [0, 0.05) is 12.1 Å². The monoisotopic (exact) mass is 363 g/mol. The molecule has 0 heterocycles. The summed E-state index contributed by atoms with van der Waals surface area (Å²) in [5.41, 5.74) is 8.52. The number of ether oxygens (including phenoxy) is 2. The van der Waals surface area contributed by atoms with E-state index in [1.807, 2.05) is 60.7 Å². The fourth-order valence-electron chi connectivity index (χ4n) is 2.65. The fourth-order valence-corrected chi connectivity index (χ4v) is 2.65. The van der Waals surface area contributed by atoms with Gasteiger partial charge in [-0.05, 0) is 23.3 Å². The molecule has 0 saturated heterocycles. The third kappa shape index (κ3) is 4.86. The Morgan fingerprint density at radius 3 is 1.81 bits per heavy atom. The van der Waals surface area contributed by atoms with Crippen LogP contribution in [0.15, 0.2) is 72.8 Å². The number of carboxylic acids is 1. The number of hydrogen-bond acceptors (Lipinski definition) is 4. The van der Waals surface area contributed by atoms with Gasteiger partial charge in [-0.25, -0.2) is 4.79 Å². The van der Waals surface area contributed by atoms with E-state index in [0.29, 0.717) is 17.9 Å². The third-order valence-electron chi connectivity index (χ3n) is 4.09. The number of aromatic carboxylic acids is 1. The third-order valence-corrected chi connectivity index (χ3v) is 4.09. The number of rotatable bonds is 8. The van der Waals surface area contributed by atoms with E-state index in [9.17, 15) is 9.90 Å². The Kier molecular flexibility index (Phi) is 6.07. The van der Waals surface area contributed by atoms with Crippen LogP contribution in [0.1, 0.15) is 27.0 Å². The summed E-state index contributed by atoms with van der Waals surface area (Å²) in [6.45, 7) is 0.818. The summed E-state index contributed by atoms with van der Waals surface area (Å²) < 4.78 is 11.6. The summed E-state index contributed by atoms with van der Waals surface area (Å²) >= 11 is 0. The first-order valence-corrected chi connectivity index (χ1v) is 8.61. The molecule has 0 aromatic heterocycles. The Labute approximate surface area is 158 Å². The zero-order valence-corrected chi connectivity index (χ0v) is 14.8. The van der Waals surface area contributed by atoms with Gasteiger partial charge in [0.1, 0.15) is 30.3 Å². The van der Waals surface area contributed by atoms with E-state index in [1.54, 1.807) is 6.07 Å². The predicted octanol–water partition coefficient (Wildman–Crippen LogP) is 4.00. The van der Waals surface area contributed by atoms with Crippen molar-refractivity contribution in [3.8, 4) is 11.5 Å². The van der Waals surface area contributed by atoms with Crippen LogP contribution >= 0.6 is 0 Å². The predicted molar refractivity (Wildman–Crippen MR) is 103 cm³/mol. The van der Waals surface area contributed by atoms with Gasteiger partial charge in [-0.15, -0.1) is 0 Å². The minimum Gasteiger partial charge on any atom is -0.489 e. The Hall–Kier alpha value is -3.31. The van der Waals surface area contributed by atoms with Crippen molar-refractivity contribution in [2.75, 3.05) is 0 Å². The topological polar surface area (TPSA) is 81.8 Å². The molecule has 0 radical (unpaired) electrons. The number of hydrogen-bond donors (Lipinski definition) is 2. The Morgan fingerprint density at radius 1 is 0.815 bits per heavy atom. The highest BCUT2D eigenvalue weighted by Gasteiger charge is 2.17. The highest BCUT2D eigenvalue weighted by molar-refractivity contribution is 5.91. The second kappa shape index (κ2) is 8.87. The molecule has 0 bridgehead atoms. The van der Waals surface area contributed by atoms with Crippen LogP contribution in [0.5, 0.6) is 11.5 Å². The summed E-state index contributed by atoms with van der Waals surface area (Å²) in [6.07, 6.45) is 0. The first-order chi connectivity index (χ1) is 13.2. The van der Waals surface area contributed by atoms with Crippen LogP contribution < -0.4 is 15.2 Å². The van der Waals surface area contributed by atoms with Gasteiger partial charge in [-0.2, -0.15) is 0 Å². The maximum atomic E-state index is 11.7. The summed E-state index contributed by atoms with van der Waals surface area (Å²) in [7, 11) is 0. The van der Waals surface area contributed by atoms with Crippen molar-refractivity contribution in [2.24, 2.45) is 5.73 Å². The van der Waals surface area contributed by atoms with Gasteiger partial charge >= 0.3 is 5.97 Å². The highest BCUT2D eigenvalue weighted by atomic mass is 16.5. The largest absolute Gasteiger partial charge is 0.489 e. The molecule has 27 heavy (non-hydrogen) atoms. The van der Waals surface area contributed by atoms with Crippen molar-refractivity contribution in [1.29, 1.82) is 0 Å². The van der Waals surface area contributed by atoms with Gasteiger partial charge in [0.25, 0.3) is 0 Å². The molecule has 3 aromatic rings. The molecule has 5 nitrogen and oxygen atoms in total. The lowest BCUT2D eigenvalue weighted by molar-refractivity contribution is 0.0691. The average Bonchev–Trinajstić information content (AvgIpc) is 2.72.